The number of carbonyl (C=O) groups is 2. The Bertz CT molecular complexity index is 1240. The summed E-state index contributed by atoms with van der Waals surface area (Å²) >= 11 is 6.58. The zero-order chi connectivity index (χ0) is 27.0. The number of hydrogen-bond donors (Lipinski definition) is 4. The van der Waals surface area contributed by atoms with E-state index in [9.17, 15) is 18.4 Å². The lowest BCUT2D eigenvalue weighted by molar-refractivity contribution is -0.0717. The van der Waals surface area contributed by atoms with Gasteiger partial charge in [0.2, 0.25) is 11.7 Å². The first-order chi connectivity index (χ1) is 16.8. The van der Waals surface area contributed by atoms with Crippen LogP contribution in [0.4, 0.5) is 8.78 Å². The molecule has 0 bridgehead atoms. The fourth-order valence-corrected chi connectivity index (χ4v) is 3.47. The van der Waals surface area contributed by atoms with Gasteiger partial charge in [-0.25, -0.2) is 18.4 Å². The molecule has 4 aromatic rings. The van der Waals surface area contributed by atoms with E-state index in [1.54, 1.807) is 18.2 Å². The summed E-state index contributed by atoms with van der Waals surface area (Å²) in [4.78, 5) is 24.0. The number of aromatic amines is 1. The van der Waals surface area contributed by atoms with Crippen molar-refractivity contribution in [1.82, 2.24) is 4.98 Å². The second-order valence-electron chi connectivity index (χ2n) is 8.27. The molecule has 1 aliphatic carbocycles. The summed E-state index contributed by atoms with van der Waals surface area (Å²) in [5.74, 6) is -4.30. The van der Waals surface area contributed by atoms with Crippen molar-refractivity contribution in [3.05, 3.63) is 68.9 Å². The summed E-state index contributed by atoms with van der Waals surface area (Å²) in [6, 6.07) is 14.4. The van der Waals surface area contributed by atoms with Gasteiger partial charge in [0.1, 0.15) is 11.3 Å². The molecule has 2 aromatic heterocycles. The van der Waals surface area contributed by atoms with Crippen LogP contribution in [0.15, 0.2) is 61.9 Å². The van der Waals surface area contributed by atoms with Crippen LogP contribution in [0.25, 0.3) is 21.9 Å². The zero-order valence-electron chi connectivity index (χ0n) is 19.5. The molecule has 1 fully saturated rings. The fourth-order valence-electron chi connectivity index (χ4n) is 2.77. The molecule has 11 heteroatoms. The number of nitrogens with two attached hydrogens (primary N) is 1. The Balaban J connectivity index is 0.000000516. The Hall–Kier alpha value is -2.76. The standard InChI is InChI=1S/C9H6BrNO2.C9H5BrO3.C4H6F2.C3H9N.2CH4/c10-6-2-1-5-3-8(9(12)13)11-7(5)4-6;10-6-2-1-5-3-8(9(11)12)13-7(5)4-6;5-4(6)2-1-3-4;1-3(2)4;;/h1-4,11H,(H,12,13);1-4H,(H,11,12);1-3H2;3H,4H2,1-2H3;2*1H4. The number of carboxylic acids is 2. The number of benzene rings is 2. The van der Waals surface area contributed by atoms with Crippen molar-refractivity contribution in [1.29, 1.82) is 0 Å². The first-order valence-corrected chi connectivity index (χ1v) is 12.4. The summed E-state index contributed by atoms with van der Waals surface area (Å²) in [7, 11) is 0. The van der Waals surface area contributed by atoms with Gasteiger partial charge in [-0.05, 0) is 54.9 Å². The van der Waals surface area contributed by atoms with E-state index in [1.165, 1.54) is 6.07 Å². The Morgan fingerprint density at radius 2 is 1.45 bits per heavy atom. The molecule has 5 N–H and O–H groups in total. The van der Waals surface area contributed by atoms with Crippen LogP contribution < -0.4 is 5.73 Å². The first kappa shape index (κ1) is 35.2. The van der Waals surface area contributed by atoms with E-state index in [4.69, 9.17) is 20.4 Å². The van der Waals surface area contributed by atoms with E-state index >= 15 is 0 Å². The fraction of sp³-hybridized carbons (Fsp3) is 0.333. The molecule has 1 saturated carbocycles. The molecule has 0 aliphatic heterocycles. The Morgan fingerprint density at radius 1 is 0.947 bits per heavy atom. The number of furan rings is 1. The average Bonchev–Trinajstić information content (AvgIpc) is 3.37. The number of halogens is 4. The van der Waals surface area contributed by atoms with E-state index in [-0.39, 0.29) is 39.1 Å². The van der Waals surface area contributed by atoms with E-state index in [2.05, 4.69) is 36.8 Å². The second-order valence-corrected chi connectivity index (χ2v) is 10.1. The summed E-state index contributed by atoms with van der Waals surface area (Å²) < 4.78 is 30.0. The lowest BCUT2D eigenvalue weighted by Crippen LogP contribution is -2.24. The molecule has 0 unspecified atom stereocenters. The lowest BCUT2D eigenvalue weighted by atomic mass is 9.95. The minimum Gasteiger partial charge on any atom is -0.477 e. The smallest absolute Gasteiger partial charge is 0.371 e. The third-order valence-corrected chi connectivity index (χ3v) is 5.58. The average molecular weight is 664 g/mol. The molecule has 0 radical (unpaired) electrons. The SMILES string of the molecule is C.C.CC(C)N.FC1(F)CCC1.O=C(O)c1cc2ccc(Br)cc2[nH]1.O=C(O)c1cc2ccc(Br)cc2o1. The third kappa shape index (κ3) is 11.3. The van der Waals surface area contributed by atoms with Crippen molar-refractivity contribution in [2.75, 3.05) is 0 Å². The number of carboxylic acid groups (broad SMARTS) is 2. The van der Waals surface area contributed by atoms with Crippen LogP contribution in [-0.2, 0) is 0 Å². The predicted octanol–water partition coefficient (Wildman–Crippen LogP) is 8.95. The van der Waals surface area contributed by atoms with Crippen molar-refractivity contribution in [3.8, 4) is 0 Å². The minimum absolute atomic E-state index is 0. The number of H-pyrrole nitrogens is 1. The van der Waals surface area contributed by atoms with Crippen molar-refractivity contribution in [2.45, 2.75) is 59.9 Å². The summed E-state index contributed by atoms with van der Waals surface area (Å²) in [6.07, 6.45) is 0.951. The molecule has 0 atom stereocenters. The van der Waals surface area contributed by atoms with Gasteiger partial charge in [0.05, 0.1) is 0 Å². The molecule has 2 aromatic carbocycles. The van der Waals surface area contributed by atoms with Gasteiger partial charge < -0.3 is 25.3 Å². The number of aromatic nitrogens is 1. The minimum atomic E-state index is -2.28. The van der Waals surface area contributed by atoms with Crippen molar-refractivity contribution >= 4 is 65.7 Å². The Morgan fingerprint density at radius 3 is 1.89 bits per heavy atom. The van der Waals surface area contributed by atoms with Gasteiger partial charge in [-0.1, -0.05) is 66.6 Å². The molecule has 5 rings (SSSR count). The maximum Gasteiger partial charge on any atom is 0.371 e. The first-order valence-electron chi connectivity index (χ1n) is 10.8. The summed E-state index contributed by atoms with van der Waals surface area (Å²) in [5, 5.41) is 19.1. The third-order valence-electron chi connectivity index (χ3n) is 4.59. The molecule has 1 aliphatic rings. The molecule has 38 heavy (non-hydrogen) atoms. The van der Waals surface area contributed by atoms with Crippen LogP contribution in [0.3, 0.4) is 0 Å². The van der Waals surface area contributed by atoms with Crippen LogP contribution in [-0.4, -0.2) is 39.1 Å². The number of fused-ring (bicyclic) bond motifs is 2. The Kier molecular flexibility index (Phi) is 14.5. The number of alkyl halides is 2. The molecule has 0 saturated heterocycles. The van der Waals surface area contributed by atoms with Gasteiger partial charge in [-0.3, -0.25) is 0 Å². The van der Waals surface area contributed by atoms with Gasteiger partial charge >= 0.3 is 11.9 Å². The number of hydrogen-bond acceptors (Lipinski definition) is 4. The van der Waals surface area contributed by atoms with Crippen LogP contribution in [0, 0.1) is 0 Å². The molecule has 0 amide bonds. The van der Waals surface area contributed by atoms with Gasteiger partial charge in [0.15, 0.2) is 0 Å². The summed E-state index contributed by atoms with van der Waals surface area (Å²) in [6.45, 7) is 3.89. The van der Waals surface area contributed by atoms with Crippen molar-refractivity contribution in [2.24, 2.45) is 5.73 Å². The molecular weight excluding hydrogens is 630 g/mol. The van der Waals surface area contributed by atoms with Gasteiger partial charge in [-0.15, -0.1) is 0 Å². The molecule has 7 nitrogen and oxygen atoms in total. The monoisotopic (exact) mass is 662 g/mol. The highest BCUT2D eigenvalue weighted by Crippen LogP contribution is 2.36. The van der Waals surface area contributed by atoms with Crippen LogP contribution in [0.5, 0.6) is 0 Å². The number of nitrogens with one attached hydrogen (secondary N) is 1. The van der Waals surface area contributed by atoms with Crippen LogP contribution in [0.1, 0.15) is 69.0 Å². The highest BCUT2D eigenvalue weighted by molar-refractivity contribution is 9.10. The Labute approximate surface area is 237 Å². The predicted molar refractivity (Wildman–Crippen MR) is 155 cm³/mol. The largest absolute Gasteiger partial charge is 0.477 e. The molecule has 210 valence electrons. The van der Waals surface area contributed by atoms with Gasteiger partial charge in [0.25, 0.3) is 0 Å². The van der Waals surface area contributed by atoms with Gasteiger partial charge in [-0.2, -0.15) is 0 Å². The topological polar surface area (TPSA) is 130 Å². The van der Waals surface area contributed by atoms with Gasteiger partial charge in [0, 0.05) is 38.1 Å². The molecule has 2 heterocycles. The highest BCUT2D eigenvalue weighted by Gasteiger charge is 2.36. The molecular formula is C27H34Br2F2N2O5. The maximum absolute atomic E-state index is 11.5. The van der Waals surface area contributed by atoms with E-state index in [0.717, 1.165) is 25.2 Å². The van der Waals surface area contributed by atoms with Crippen molar-refractivity contribution < 1.29 is 33.0 Å². The van der Waals surface area contributed by atoms with E-state index in [0.29, 0.717) is 18.0 Å². The number of rotatable bonds is 2. The highest BCUT2D eigenvalue weighted by atomic mass is 79.9. The maximum atomic E-state index is 11.5. The van der Waals surface area contributed by atoms with Crippen LogP contribution in [0.2, 0.25) is 0 Å². The second kappa shape index (κ2) is 15.6. The van der Waals surface area contributed by atoms with E-state index < -0.39 is 17.9 Å². The van der Waals surface area contributed by atoms with Crippen LogP contribution >= 0.6 is 31.9 Å². The van der Waals surface area contributed by atoms with Crippen molar-refractivity contribution in [3.63, 3.8) is 0 Å². The summed E-state index contributed by atoms with van der Waals surface area (Å²) in [5.41, 5.74) is 6.73. The molecule has 0 spiro atoms. The number of aromatic carboxylic acids is 2. The lowest BCUT2D eigenvalue weighted by Gasteiger charge is -2.23. The quantitative estimate of drug-likeness (QED) is 0.169. The van der Waals surface area contributed by atoms with E-state index in [1.807, 2.05) is 38.1 Å². The normalized spacial score (nSPS) is 12.7. The zero-order valence-corrected chi connectivity index (χ0v) is 22.7.